The standard InChI is InChI=1S/C15H12N2O3/c16-9-5-6-13-12(7-9)10-3-1-2-4-11(10)15(20)17(13)8-14(18)19/h1-7H,8,16H2,(H,18,19). The number of nitrogens with zero attached hydrogens (tertiary/aromatic N) is 1. The highest BCUT2D eigenvalue weighted by molar-refractivity contribution is 6.06. The number of pyridine rings is 1. The van der Waals surface area contributed by atoms with Gasteiger partial charge in [0.25, 0.3) is 5.56 Å². The summed E-state index contributed by atoms with van der Waals surface area (Å²) in [7, 11) is 0. The van der Waals surface area contributed by atoms with Crippen LogP contribution in [0.5, 0.6) is 0 Å². The third kappa shape index (κ3) is 1.80. The van der Waals surface area contributed by atoms with E-state index in [1.807, 2.05) is 12.1 Å². The number of benzene rings is 2. The van der Waals surface area contributed by atoms with Crippen LogP contribution in [0.1, 0.15) is 0 Å². The number of hydrogen-bond acceptors (Lipinski definition) is 3. The topological polar surface area (TPSA) is 85.3 Å². The van der Waals surface area contributed by atoms with Gasteiger partial charge in [-0.15, -0.1) is 0 Å². The minimum absolute atomic E-state index is 0.305. The first-order valence-electron chi connectivity index (χ1n) is 6.10. The molecule has 0 unspecified atom stereocenters. The number of carbonyl (C=O) groups is 1. The summed E-state index contributed by atoms with van der Waals surface area (Å²) in [6.07, 6.45) is 0. The summed E-state index contributed by atoms with van der Waals surface area (Å²) in [5, 5.41) is 11.0. The molecule has 0 radical (unpaired) electrons. The van der Waals surface area contributed by atoms with Gasteiger partial charge in [0, 0.05) is 16.5 Å². The Hall–Kier alpha value is -2.82. The molecule has 1 aromatic heterocycles. The van der Waals surface area contributed by atoms with E-state index in [-0.39, 0.29) is 12.1 Å². The van der Waals surface area contributed by atoms with Gasteiger partial charge in [-0.05, 0) is 29.7 Å². The summed E-state index contributed by atoms with van der Waals surface area (Å²) in [6.45, 7) is -0.371. The summed E-state index contributed by atoms with van der Waals surface area (Å²) in [5.74, 6) is -1.06. The van der Waals surface area contributed by atoms with Crippen LogP contribution in [-0.4, -0.2) is 15.6 Å². The van der Waals surface area contributed by atoms with Gasteiger partial charge in [-0.1, -0.05) is 18.2 Å². The van der Waals surface area contributed by atoms with E-state index in [4.69, 9.17) is 10.8 Å². The third-order valence-electron chi connectivity index (χ3n) is 3.30. The zero-order valence-electron chi connectivity index (χ0n) is 10.5. The lowest BCUT2D eigenvalue weighted by molar-refractivity contribution is -0.137. The van der Waals surface area contributed by atoms with Crippen LogP contribution >= 0.6 is 0 Å². The fourth-order valence-corrected chi connectivity index (χ4v) is 2.46. The number of nitrogens with two attached hydrogens (primary N) is 1. The van der Waals surface area contributed by atoms with E-state index in [0.29, 0.717) is 16.6 Å². The van der Waals surface area contributed by atoms with Crippen molar-refractivity contribution in [2.75, 3.05) is 5.73 Å². The Bertz CT molecular complexity index is 897. The highest BCUT2D eigenvalue weighted by Gasteiger charge is 2.12. The summed E-state index contributed by atoms with van der Waals surface area (Å²) >= 11 is 0. The molecule has 3 rings (SSSR count). The maximum absolute atomic E-state index is 12.4. The van der Waals surface area contributed by atoms with Crippen molar-refractivity contribution in [1.29, 1.82) is 0 Å². The van der Waals surface area contributed by atoms with E-state index in [9.17, 15) is 9.59 Å². The average Bonchev–Trinajstić information content (AvgIpc) is 2.43. The van der Waals surface area contributed by atoms with Crippen molar-refractivity contribution in [3.05, 3.63) is 52.8 Å². The van der Waals surface area contributed by atoms with Crippen LogP contribution in [0, 0.1) is 0 Å². The fraction of sp³-hybridized carbons (Fsp3) is 0.0667. The largest absolute Gasteiger partial charge is 0.480 e. The van der Waals surface area contributed by atoms with Gasteiger partial charge >= 0.3 is 5.97 Å². The number of anilines is 1. The SMILES string of the molecule is Nc1ccc2c(c1)c1ccccc1c(=O)n2CC(=O)O. The van der Waals surface area contributed by atoms with Gasteiger partial charge < -0.3 is 10.8 Å². The second-order valence-corrected chi connectivity index (χ2v) is 4.61. The lowest BCUT2D eigenvalue weighted by Crippen LogP contribution is -2.24. The molecule has 20 heavy (non-hydrogen) atoms. The first kappa shape index (κ1) is 12.2. The van der Waals surface area contributed by atoms with Crippen LogP contribution in [0.3, 0.4) is 0 Å². The van der Waals surface area contributed by atoms with Crippen molar-refractivity contribution in [2.45, 2.75) is 6.54 Å². The van der Waals surface area contributed by atoms with Gasteiger partial charge in [-0.3, -0.25) is 14.2 Å². The Labute approximate surface area is 113 Å². The Morgan fingerprint density at radius 3 is 2.50 bits per heavy atom. The number of aliphatic carboxylic acids is 1. The predicted octanol–water partition coefficient (Wildman–Crippen LogP) is 1.82. The Balaban J connectivity index is 2.55. The highest BCUT2D eigenvalue weighted by atomic mass is 16.4. The summed E-state index contributed by atoms with van der Waals surface area (Å²) in [4.78, 5) is 23.4. The molecule has 0 aliphatic heterocycles. The molecule has 1 heterocycles. The van der Waals surface area contributed by atoms with Gasteiger partial charge in [0.15, 0.2) is 0 Å². The molecular weight excluding hydrogens is 256 g/mol. The molecule has 0 amide bonds. The zero-order chi connectivity index (χ0) is 14.3. The van der Waals surface area contributed by atoms with Crippen molar-refractivity contribution in [2.24, 2.45) is 0 Å². The number of hydrogen-bond donors (Lipinski definition) is 2. The fourth-order valence-electron chi connectivity index (χ4n) is 2.46. The molecule has 0 aliphatic carbocycles. The highest BCUT2D eigenvalue weighted by Crippen LogP contribution is 2.24. The number of fused-ring (bicyclic) bond motifs is 3. The minimum Gasteiger partial charge on any atom is -0.480 e. The third-order valence-corrected chi connectivity index (χ3v) is 3.30. The second kappa shape index (κ2) is 4.38. The molecule has 5 heteroatoms. The molecule has 3 aromatic rings. The normalized spacial score (nSPS) is 11.0. The van der Waals surface area contributed by atoms with E-state index in [0.717, 1.165) is 10.8 Å². The molecule has 2 aromatic carbocycles. The Morgan fingerprint density at radius 1 is 1.10 bits per heavy atom. The maximum atomic E-state index is 12.4. The molecule has 0 atom stereocenters. The van der Waals surface area contributed by atoms with Gasteiger partial charge in [0.1, 0.15) is 6.54 Å². The smallest absolute Gasteiger partial charge is 0.323 e. The monoisotopic (exact) mass is 268 g/mol. The van der Waals surface area contributed by atoms with E-state index in [2.05, 4.69) is 0 Å². The molecule has 0 aliphatic rings. The van der Waals surface area contributed by atoms with Crippen LogP contribution in [0.2, 0.25) is 0 Å². The molecule has 0 saturated carbocycles. The molecule has 5 nitrogen and oxygen atoms in total. The molecule has 0 saturated heterocycles. The first-order valence-corrected chi connectivity index (χ1v) is 6.10. The van der Waals surface area contributed by atoms with E-state index < -0.39 is 5.97 Å². The summed E-state index contributed by atoms with van der Waals surface area (Å²) in [6, 6.07) is 12.2. The lowest BCUT2D eigenvalue weighted by atomic mass is 10.1. The predicted molar refractivity (Wildman–Crippen MR) is 77.8 cm³/mol. The van der Waals surface area contributed by atoms with Gasteiger partial charge in [-0.2, -0.15) is 0 Å². The van der Waals surface area contributed by atoms with Crippen molar-refractivity contribution in [1.82, 2.24) is 4.57 Å². The molecule has 0 spiro atoms. The molecule has 0 fully saturated rings. The minimum atomic E-state index is -1.06. The molecule has 100 valence electrons. The molecular formula is C15H12N2O3. The van der Waals surface area contributed by atoms with Crippen molar-refractivity contribution < 1.29 is 9.90 Å². The number of aromatic nitrogens is 1. The van der Waals surface area contributed by atoms with Gasteiger partial charge in [0.05, 0.1) is 5.52 Å². The Morgan fingerprint density at radius 2 is 1.80 bits per heavy atom. The van der Waals surface area contributed by atoms with Gasteiger partial charge in [0.2, 0.25) is 0 Å². The Kier molecular flexibility index (Phi) is 2.68. The van der Waals surface area contributed by atoms with Crippen molar-refractivity contribution in [3.8, 4) is 0 Å². The first-order chi connectivity index (χ1) is 9.58. The molecule has 3 N–H and O–H groups in total. The number of carboxylic acid groups (broad SMARTS) is 1. The van der Waals surface area contributed by atoms with Crippen LogP contribution < -0.4 is 11.3 Å². The average molecular weight is 268 g/mol. The van der Waals surface area contributed by atoms with Crippen LogP contribution in [0.25, 0.3) is 21.7 Å². The van der Waals surface area contributed by atoms with E-state index in [1.165, 1.54) is 4.57 Å². The number of carboxylic acids is 1. The summed E-state index contributed by atoms with van der Waals surface area (Å²) < 4.78 is 1.26. The van der Waals surface area contributed by atoms with Crippen molar-refractivity contribution in [3.63, 3.8) is 0 Å². The van der Waals surface area contributed by atoms with Crippen LogP contribution in [-0.2, 0) is 11.3 Å². The summed E-state index contributed by atoms with van der Waals surface area (Å²) in [5.41, 5.74) is 6.64. The molecule has 0 bridgehead atoms. The maximum Gasteiger partial charge on any atom is 0.323 e. The van der Waals surface area contributed by atoms with E-state index in [1.54, 1.807) is 30.3 Å². The zero-order valence-corrected chi connectivity index (χ0v) is 10.5. The second-order valence-electron chi connectivity index (χ2n) is 4.61. The number of rotatable bonds is 2. The quantitative estimate of drug-likeness (QED) is 0.548. The van der Waals surface area contributed by atoms with Crippen LogP contribution in [0.4, 0.5) is 5.69 Å². The van der Waals surface area contributed by atoms with Gasteiger partial charge in [-0.25, -0.2) is 0 Å². The lowest BCUT2D eigenvalue weighted by Gasteiger charge is -2.11. The van der Waals surface area contributed by atoms with Crippen LogP contribution in [0.15, 0.2) is 47.3 Å². The number of nitrogen functional groups attached to an aromatic ring is 1. The van der Waals surface area contributed by atoms with E-state index >= 15 is 0 Å². The van der Waals surface area contributed by atoms with Crippen molar-refractivity contribution >= 4 is 33.3 Å².